The van der Waals surface area contributed by atoms with Crippen LogP contribution in [0.3, 0.4) is 0 Å². The molecule has 1 unspecified atom stereocenters. The van der Waals surface area contributed by atoms with E-state index in [-0.39, 0.29) is 0 Å². The molecule has 4 aromatic rings. The monoisotopic (exact) mass is 539 g/mol. The zero-order valence-electron chi connectivity index (χ0n) is 23.2. The largest absolute Gasteiger partial charge is 0.448 e. The van der Waals surface area contributed by atoms with Gasteiger partial charge in [-0.1, -0.05) is 30.3 Å². The minimum Gasteiger partial charge on any atom is -0.448 e. The highest BCUT2D eigenvalue weighted by Gasteiger charge is 2.37. The first-order valence-electron chi connectivity index (χ1n) is 14.3. The summed E-state index contributed by atoms with van der Waals surface area (Å²) in [6.45, 7) is 6.68. The lowest BCUT2D eigenvalue weighted by Crippen LogP contribution is -2.49. The molecule has 2 fully saturated rings. The summed E-state index contributed by atoms with van der Waals surface area (Å²) in [4.78, 5) is 14.0. The maximum Gasteiger partial charge on any atom is 0.263 e. The van der Waals surface area contributed by atoms with Gasteiger partial charge in [0.2, 0.25) is 0 Å². The highest BCUT2D eigenvalue weighted by atomic mass is 16.5. The number of nitrogens with one attached hydrogen (secondary N) is 1. The Labute approximate surface area is 234 Å². The smallest absolute Gasteiger partial charge is 0.263 e. The fourth-order valence-electron chi connectivity index (χ4n) is 6.54. The Morgan fingerprint density at radius 2 is 1.68 bits per heavy atom. The highest BCUT2D eigenvalue weighted by molar-refractivity contribution is 5.98. The summed E-state index contributed by atoms with van der Waals surface area (Å²) < 4.78 is 8.21. The molecule has 1 saturated carbocycles. The number of nitrogens with two attached hydrogens (primary N) is 2. The number of likely N-dealkylation sites (N-methyl/N-ethyl adjacent to an activating group) is 1. The molecular weight excluding hydrogens is 502 g/mol. The van der Waals surface area contributed by atoms with Crippen LogP contribution < -0.4 is 21.5 Å². The lowest BCUT2D eigenvalue weighted by molar-refractivity contribution is 0.0815. The lowest BCUT2D eigenvalue weighted by Gasteiger charge is -2.41. The van der Waals surface area contributed by atoms with Gasteiger partial charge in [0.05, 0.1) is 17.1 Å². The third-order valence-electron chi connectivity index (χ3n) is 8.90. The number of piperazine rings is 1. The van der Waals surface area contributed by atoms with Crippen molar-refractivity contribution in [3.63, 3.8) is 0 Å². The molecule has 1 saturated heterocycles. The van der Waals surface area contributed by atoms with Gasteiger partial charge in [0.25, 0.3) is 5.85 Å². The zero-order valence-corrected chi connectivity index (χ0v) is 23.2. The maximum atomic E-state index is 6.66. The van der Waals surface area contributed by atoms with Gasteiger partial charge >= 0.3 is 0 Å². The number of aryl methyl sites for hydroxylation is 1. The lowest BCUT2D eigenvalue weighted by atomic mass is 9.90. The minimum absolute atomic E-state index is 0.291. The van der Waals surface area contributed by atoms with Crippen molar-refractivity contribution in [2.24, 2.45) is 5.73 Å². The number of benzene rings is 2. The van der Waals surface area contributed by atoms with Crippen LogP contribution in [-0.2, 0) is 5.85 Å². The van der Waals surface area contributed by atoms with Gasteiger partial charge in [-0.25, -0.2) is 14.6 Å². The van der Waals surface area contributed by atoms with E-state index in [0.29, 0.717) is 17.9 Å². The molecule has 10 heteroatoms. The van der Waals surface area contributed by atoms with E-state index in [1.165, 1.54) is 12.8 Å². The third kappa shape index (κ3) is 4.36. The molecule has 1 atom stereocenters. The number of anilines is 2. The second-order valence-corrected chi connectivity index (χ2v) is 11.6. The Hall–Kier alpha value is -3.73. The van der Waals surface area contributed by atoms with E-state index >= 15 is 0 Å². The van der Waals surface area contributed by atoms with Crippen LogP contribution in [0.2, 0.25) is 0 Å². The van der Waals surface area contributed by atoms with Crippen molar-refractivity contribution in [3.8, 4) is 17.0 Å². The van der Waals surface area contributed by atoms with Crippen LogP contribution >= 0.6 is 0 Å². The second kappa shape index (κ2) is 9.72. The van der Waals surface area contributed by atoms with Gasteiger partial charge in [-0.3, -0.25) is 10.6 Å². The standard InChI is InChI=1S/C30H37N9O/c1-19-3-12-25-24(17-19)35-30(32,40-25)21-6-4-20(5-7-21)27-26-28(31)33-18-34-29(26)39(36-27)23-10-8-22(9-11-23)38-15-13-37(2)14-16-38/h3-7,12,17-18,22-23,35H,8-11,13-16,32H2,1-2H3,(H2,31,33,34). The summed E-state index contributed by atoms with van der Waals surface area (Å²) in [5, 5.41) is 9.25. The molecule has 208 valence electrons. The number of hydrogen-bond acceptors (Lipinski definition) is 9. The molecular formula is C30H37N9O. The molecule has 2 aromatic heterocycles. The zero-order chi connectivity index (χ0) is 27.4. The molecule has 0 radical (unpaired) electrons. The molecule has 5 N–H and O–H groups in total. The van der Waals surface area contributed by atoms with Crippen molar-refractivity contribution in [1.82, 2.24) is 29.5 Å². The van der Waals surface area contributed by atoms with E-state index in [4.69, 9.17) is 21.3 Å². The first-order valence-corrected chi connectivity index (χ1v) is 14.3. The molecule has 2 aliphatic heterocycles. The quantitative estimate of drug-likeness (QED) is 0.356. The van der Waals surface area contributed by atoms with E-state index in [1.54, 1.807) is 6.33 Å². The second-order valence-electron chi connectivity index (χ2n) is 11.6. The van der Waals surface area contributed by atoms with Gasteiger partial charge in [0.15, 0.2) is 5.65 Å². The van der Waals surface area contributed by atoms with Gasteiger partial charge in [-0.2, -0.15) is 5.10 Å². The van der Waals surface area contributed by atoms with Gasteiger partial charge in [0, 0.05) is 43.3 Å². The predicted molar refractivity (Wildman–Crippen MR) is 157 cm³/mol. The average Bonchev–Trinajstić information content (AvgIpc) is 3.52. The van der Waals surface area contributed by atoms with Crippen molar-refractivity contribution in [3.05, 3.63) is 59.9 Å². The van der Waals surface area contributed by atoms with Crippen molar-refractivity contribution >= 4 is 22.5 Å². The molecule has 0 bridgehead atoms. The van der Waals surface area contributed by atoms with Crippen molar-refractivity contribution in [1.29, 1.82) is 0 Å². The molecule has 0 amide bonds. The molecule has 10 nitrogen and oxygen atoms in total. The number of hydrogen-bond donors (Lipinski definition) is 3. The van der Waals surface area contributed by atoms with E-state index < -0.39 is 5.85 Å². The van der Waals surface area contributed by atoms with E-state index in [2.05, 4.69) is 36.8 Å². The van der Waals surface area contributed by atoms with Crippen LogP contribution in [-0.4, -0.2) is 68.8 Å². The van der Waals surface area contributed by atoms with Crippen LogP contribution in [0.25, 0.3) is 22.3 Å². The van der Waals surface area contributed by atoms with E-state index in [9.17, 15) is 0 Å². The Kier molecular flexibility index (Phi) is 6.14. The molecule has 7 rings (SSSR count). The van der Waals surface area contributed by atoms with Crippen LogP contribution in [0, 0.1) is 6.92 Å². The normalized spacial score (nSPS) is 25.5. The van der Waals surface area contributed by atoms with Gasteiger partial charge < -0.3 is 20.7 Å². The Morgan fingerprint density at radius 1 is 0.950 bits per heavy atom. The summed E-state index contributed by atoms with van der Waals surface area (Å²) in [5.41, 5.74) is 18.5. The van der Waals surface area contributed by atoms with Gasteiger partial charge in [-0.15, -0.1) is 0 Å². The molecule has 1 aliphatic carbocycles. The maximum absolute atomic E-state index is 6.66. The third-order valence-corrected chi connectivity index (χ3v) is 8.90. The average molecular weight is 540 g/mol. The van der Waals surface area contributed by atoms with Crippen LogP contribution in [0.15, 0.2) is 48.8 Å². The van der Waals surface area contributed by atoms with Crippen LogP contribution in [0.4, 0.5) is 11.5 Å². The SMILES string of the molecule is Cc1ccc2c(c1)NC(N)(c1ccc(-c3nn(C4CCC(N5CCN(C)CC5)CC4)c4ncnc(N)c34)cc1)O2. The summed E-state index contributed by atoms with van der Waals surface area (Å²) in [6, 6.07) is 14.9. The summed E-state index contributed by atoms with van der Waals surface area (Å²) in [7, 11) is 2.21. The van der Waals surface area contributed by atoms with Gasteiger partial charge in [-0.05, 0) is 57.4 Å². The van der Waals surface area contributed by atoms with Crippen molar-refractivity contribution < 1.29 is 4.74 Å². The summed E-state index contributed by atoms with van der Waals surface area (Å²) >= 11 is 0. The molecule has 40 heavy (non-hydrogen) atoms. The number of ether oxygens (including phenoxy) is 1. The topological polar surface area (TPSA) is 123 Å². The number of rotatable bonds is 4. The van der Waals surface area contributed by atoms with Crippen LogP contribution in [0.5, 0.6) is 5.75 Å². The Morgan fingerprint density at radius 3 is 2.42 bits per heavy atom. The summed E-state index contributed by atoms with van der Waals surface area (Å²) in [6.07, 6.45) is 6.05. The molecule has 2 aromatic carbocycles. The van der Waals surface area contributed by atoms with E-state index in [1.807, 2.05) is 49.4 Å². The first kappa shape index (κ1) is 25.3. The molecule has 4 heterocycles. The Bertz CT molecular complexity index is 1540. The van der Waals surface area contributed by atoms with Crippen LogP contribution in [0.1, 0.15) is 42.9 Å². The minimum atomic E-state index is -1.14. The first-order chi connectivity index (χ1) is 19.4. The number of nitrogens with zero attached hydrogens (tertiary/aromatic N) is 6. The van der Waals surface area contributed by atoms with Gasteiger partial charge in [0.1, 0.15) is 23.6 Å². The molecule has 0 spiro atoms. The highest BCUT2D eigenvalue weighted by Crippen LogP contribution is 2.41. The Balaban J connectivity index is 1.14. The van der Waals surface area contributed by atoms with E-state index in [0.717, 1.165) is 83.9 Å². The predicted octanol–water partition coefficient (Wildman–Crippen LogP) is 3.69. The fourth-order valence-corrected chi connectivity index (χ4v) is 6.54. The number of aromatic nitrogens is 4. The fraction of sp³-hybridized carbons (Fsp3) is 0.433. The molecule has 3 aliphatic rings. The summed E-state index contributed by atoms with van der Waals surface area (Å²) in [5.74, 6) is 0.0539. The van der Waals surface area contributed by atoms with Crippen molar-refractivity contribution in [2.45, 2.75) is 50.5 Å². The number of nitrogen functional groups attached to an aromatic ring is 1. The van der Waals surface area contributed by atoms with Crippen molar-refractivity contribution in [2.75, 3.05) is 44.3 Å². The number of fused-ring (bicyclic) bond motifs is 2.